The lowest BCUT2D eigenvalue weighted by atomic mass is 10.3. The maximum atomic E-state index is 12.2. The molecule has 3 heterocycles. The molecule has 0 aliphatic heterocycles. The van der Waals surface area contributed by atoms with E-state index in [1.54, 1.807) is 35.6 Å². The van der Waals surface area contributed by atoms with Crippen LogP contribution in [-0.2, 0) is 11.3 Å². The van der Waals surface area contributed by atoms with E-state index in [9.17, 15) is 9.59 Å². The molecule has 0 bridgehead atoms. The molecule has 1 amide bonds. The Hall–Kier alpha value is -2.71. The first-order chi connectivity index (χ1) is 11.7. The summed E-state index contributed by atoms with van der Waals surface area (Å²) in [4.78, 5) is 29.6. The number of benzene rings is 1. The smallest absolute Gasteiger partial charge is 0.408 e. The Morgan fingerprint density at radius 1 is 1.21 bits per heavy atom. The molecule has 1 aromatic carbocycles. The van der Waals surface area contributed by atoms with E-state index < -0.39 is 5.76 Å². The summed E-state index contributed by atoms with van der Waals surface area (Å²) < 4.78 is 6.42. The number of nitrogens with zero attached hydrogens (tertiary/aromatic N) is 2. The summed E-state index contributed by atoms with van der Waals surface area (Å²) in [6, 6.07) is 10.9. The topological polar surface area (TPSA) is 77.1 Å². The molecule has 120 valence electrons. The number of amides is 1. The van der Waals surface area contributed by atoms with Gasteiger partial charge < -0.3 is 9.73 Å². The van der Waals surface area contributed by atoms with Crippen molar-refractivity contribution in [2.45, 2.75) is 6.54 Å². The standard InChI is InChI=1S/C16H11N3O3S2/c20-14(8-19-11-4-1-2-5-12(11)22-16(19)21)18-15-17-10(9-24-15)13-6-3-7-23-13/h1-7,9H,8H2,(H,17,18,20). The fourth-order valence-corrected chi connectivity index (χ4v) is 3.82. The van der Waals surface area contributed by atoms with Crippen LogP contribution in [0.1, 0.15) is 0 Å². The monoisotopic (exact) mass is 357 g/mol. The highest BCUT2D eigenvalue weighted by atomic mass is 32.1. The molecule has 6 nitrogen and oxygen atoms in total. The summed E-state index contributed by atoms with van der Waals surface area (Å²) in [6.07, 6.45) is 0. The summed E-state index contributed by atoms with van der Waals surface area (Å²) in [5.41, 5.74) is 1.89. The number of aromatic nitrogens is 2. The van der Waals surface area contributed by atoms with Crippen molar-refractivity contribution in [3.05, 3.63) is 57.7 Å². The minimum absolute atomic E-state index is 0.121. The number of hydrogen-bond donors (Lipinski definition) is 1. The number of anilines is 1. The van der Waals surface area contributed by atoms with Crippen LogP contribution in [0.3, 0.4) is 0 Å². The Morgan fingerprint density at radius 2 is 2.08 bits per heavy atom. The highest BCUT2D eigenvalue weighted by Gasteiger charge is 2.14. The normalized spacial score (nSPS) is 11.0. The second kappa shape index (κ2) is 6.06. The van der Waals surface area contributed by atoms with Gasteiger partial charge in [-0.3, -0.25) is 9.36 Å². The molecular weight excluding hydrogens is 346 g/mol. The molecule has 0 aliphatic carbocycles. The van der Waals surface area contributed by atoms with Gasteiger partial charge >= 0.3 is 5.76 Å². The van der Waals surface area contributed by atoms with Gasteiger partial charge in [0.1, 0.15) is 6.54 Å². The van der Waals surface area contributed by atoms with Gasteiger partial charge in [0.2, 0.25) is 5.91 Å². The van der Waals surface area contributed by atoms with E-state index in [1.807, 2.05) is 22.9 Å². The van der Waals surface area contributed by atoms with Crippen molar-refractivity contribution in [2.75, 3.05) is 5.32 Å². The fraction of sp³-hybridized carbons (Fsp3) is 0.0625. The molecule has 8 heteroatoms. The van der Waals surface area contributed by atoms with Crippen molar-refractivity contribution in [2.24, 2.45) is 0 Å². The van der Waals surface area contributed by atoms with Gasteiger partial charge in [0.15, 0.2) is 10.7 Å². The molecule has 24 heavy (non-hydrogen) atoms. The van der Waals surface area contributed by atoms with Gasteiger partial charge in [-0.25, -0.2) is 9.78 Å². The lowest BCUT2D eigenvalue weighted by Gasteiger charge is -2.02. The predicted molar refractivity (Wildman–Crippen MR) is 94.5 cm³/mol. The van der Waals surface area contributed by atoms with Gasteiger partial charge in [-0.05, 0) is 23.6 Å². The summed E-state index contributed by atoms with van der Waals surface area (Å²) in [5, 5.41) is 7.10. The first-order valence-corrected chi connectivity index (χ1v) is 8.84. The van der Waals surface area contributed by atoms with E-state index in [2.05, 4.69) is 10.3 Å². The maximum absolute atomic E-state index is 12.2. The average Bonchev–Trinajstić information content (AvgIpc) is 3.28. The molecule has 0 radical (unpaired) electrons. The lowest BCUT2D eigenvalue weighted by molar-refractivity contribution is -0.116. The molecule has 0 saturated heterocycles. The molecule has 1 N–H and O–H groups in total. The summed E-state index contributed by atoms with van der Waals surface area (Å²) in [5.74, 6) is -0.875. The molecular formula is C16H11N3O3S2. The van der Waals surface area contributed by atoms with E-state index in [0.717, 1.165) is 10.6 Å². The van der Waals surface area contributed by atoms with Crippen LogP contribution in [0.4, 0.5) is 5.13 Å². The quantitative estimate of drug-likeness (QED) is 0.607. The second-order valence-corrected chi connectivity index (χ2v) is 6.79. The Bertz CT molecular complexity index is 1060. The van der Waals surface area contributed by atoms with Gasteiger partial charge in [0.25, 0.3) is 0 Å². The zero-order valence-electron chi connectivity index (χ0n) is 12.3. The number of hydrogen-bond acceptors (Lipinski definition) is 6. The summed E-state index contributed by atoms with van der Waals surface area (Å²) >= 11 is 2.94. The maximum Gasteiger partial charge on any atom is 0.420 e. The van der Waals surface area contributed by atoms with Gasteiger partial charge in [0.05, 0.1) is 16.1 Å². The predicted octanol–water partition coefficient (Wildman–Crippen LogP) is 3.42. The van der Waals surface area contributed by atoms with Crippen LogP contribution < -0.4 is 11.1 Å². The Balaban J connectivity index is 1.52. The van der Waals surface area contributed by atoms with E-state index in [0.29, 0.717) is 16.2 Å². The number of carbonyl (C=O) groups excluding carboxylic acids is 1. The Labute approximate surface area is 144 Å². The number of nitrogens with one attached hydrogen (secondary N) is 1. The number of para-hydroxylation sites is 2. The summed E-state index contributed by atoms with van der Waals surface area (Å²) in [7, 11) is 0. The first kappa shape index (κ1) is 14.9. The molecule has 4 aromatic rings. The Morgan fingerprint density at radius 3 is 2.92 bits per heavy atom. The number of thiophene rings is 1. The minimum atomic E-state index is -0.551. The van der Waals surface area contributed by atoms with Crippen LogP contribution in [0.15, 0.2) is 56.4 Å². The zero-order valence-corrected chi connectivity index (χ0v) is 13.9. The minimum Gasteiger partial charge on any atom is -0.408 e. The SMILES string of the molecule is O=C(Cn1c(=O)oc2ccccc21)Nc1nc(-c2cccs2)cs1. The van der Waals surface area contributed by atoms with Crippen molar-refractivity contribution in [1.29, 1.82) is 0 Å². The van der Waals surface area contributed by atoms with Crippen LogP contribution in [0.5, 0.6) is 0 Å². The first-order valence-electron chi connectivity index (χ1n) is 7.08. The highest BCUT2D eigenvalue weighted by molar-refractivity contribution is 7.16. The Kier molecular flexibility index (Phi) is 3.75. The third-order valence-corrected chi connectivity index (χ3v) is 5.05. The third kappa shape index (κ3) is 2.77. The zero-order chi connectivity index (χ0) is 16.5. The molecule has 0 saturated carbocycles. The third-order valence-electron chi connectivity index (χ3n) is 3.40. The number of carbonyl (C=O) groups is 1. The van der Waals surface area contributed by atoms with Crippen LogP contribution in [0.25, 0.3) is 21.7 Å². The number of rotatable bonds is 4. The van der Waals surface area contributed by atoms with Crippen LogP contribution in [-0.4, -0.2) is 15.5 Å². The van der Waals surface area contributed by atoms with Gasteiger partial charge in [-0.2, -0.15) is 0 Å². The van der Waals surface area contributed by atoms with Gasteiger partial charge in [-0.15, -0.1) is 22.7 Å². The number of oxazole rings is 1. The molecule has 4 rings (SSSR count). The van der Waals surface area contributed by atoms with Crippen molar-refractivity contribution in [3.8, 4) is 10.6 Å². The number of fused-ring (bicyclic) bond motifs is 1. The van der Waals surface area contributed by atoms with E-state index in [4.69, 9.17) is 4.42 Å². The molecule has 0 atom stereocenters. The van der Waals surface area contributed by atoms with Crippen molar-refractivity contribution < 1.29 is 9.21 Å². The van der Waals surface area contributed by atoms with Crippen molar-refractivity contribution in [3.63, 3.8) is 0 Å². The fourth-order valence-electron chi connectivity index (χ4n) is 2.33. The van der Waals surface area contributed by atoms with E-state index in [-0.39, 0.29) is 12.5 Å². The molecule has 0 spiro atoms. The highest BCUT2D eigenvalue weighted by Crippen LogP contribution is 2.28. The van der Waals surface area contributed by atoms with E-state index in [1.165, 1.54) is 15.9 Å². The number of thiazole rings is 1. The van der Waals surface area contributed by atoms with Crippen LogP contribution in [0.2, 0.25) is 0 Å². The van der Waals surface area contributed by atoms with Gasteiger partial charge in [0, 0.05) is 5.38 Å². The average molecular weight is 357 g/mol. The molecule has 0 fully saturated rings. The largest absolute Gasteiger partial charge is 0.420 e. The molecule has 3 aromatic heterocycles. The molecule has 0 aliphatic rings. The van der Waals surface area contributed by atoms with Crippen molar-refractivity contribution in [1.82, 2.24) is 9.55 Å². The summed E-state index contributed by atoms with van der Waals surface area (Å²) in [6.45, 7) is -0.121. The van der Waals surface area contributed by atoms with Crippen LogP contribution >= 0.6 is 22.7 Å². The second-order valence-electron chi connectivity index (χ2n) is 4.99. The van der Waals surface area contributed by atoms with Crippen molar-refractivity contribution >= 4 is 44.8 Å². The lowest BCUT2D eigenvalue weighted by Crippen LogP contribution is -2.24. The van der Waals surface area contributed by atoms with E-state index >= 15 is 0 Å². The van der Waals surface area contributed by atoms with Gasteiger partial charge in [-0.1, -0.05) is 18.2 Å². The molecule has 0 unspecified atom stereocenters. The van der Waals surface area contributed by atoms with Crippen LogP contribution in [0, 0.1) is 0 Å².